The van der Waals surface area contributed by atoms with Gasteiger partial charge >= 0.3 is 0 Å². The van der Waals surface area contributed by atoms with Crippen LogP contribution >= 0.6 is 0 Å². The van der Waals surface area contributed by atoms with Crippen molar-refractivity contribution >= 4 is 17.4 Å². The molecule has 0 aliphatic heterocycles. The molecule has 0 saturated heterocycles. The number of nitriles is 1. The van der Waals surface area contributed by atoms with Gasteiger partial charge in [-0.3, -0.25) is 4.79 Å². The summed E-state index contributed by atoms with van der Waals surface area (Å²) in [6.07, 6.45) is 1.46. The summed E-state index contributed by atoms with van der Waals surface area (Å²) in [7, 11) is 1.63. The number of carbonyl (C=O) groups excluding carboxylic acids is 1. The zero-order chi connectivity index (χ0) is 11.4. The summed E-state index contributed by atoms with van der Waals surface area (Å²) in [5.74, 6) is -0.103. The zero-order valence-electron chi connectivity index (χ0n) is 8.27. The first kappa shape index (κ1) is 10.8. The van der Waals surface area contributed by atoms with Gasteiger partial charge in [-0.25, -0.2) is 4.98 Å². The van der Waals surface area contributed by atoms with Gasteiger partial charge in [-0.05, 0) is 6.07 Å². The van der Waals surface area contributed by atoms with Gasteiger partial charge in [-0.1, -0.05) is 0 Å². The van der Waals surface area contributed by atoms with Gasteiger partial charge in [-0.15, -0.1) is 0 Å². The Morgan fingerprint density at radius 1 is 1.73 bits per heavy atom. The predicted molar refractivity (Wildman–Crippen MR) is 55.8 cm³/mol. The van der Waals surface area contributed by atoms with Gasteiger partial charge in [0.1, 0.15) is 6.07 Å². The molecule has 1 aromatic heterocycles. The SMILES string of the molecule is CN(CC(N)=O)c1nccc(C#N)c1N. The summed E-state index contributed by atoms with van der Waals surface area (Å²) in [6.45, 7) is 0.00603. The second kappa shape index (κ2) is 4.28. The molecule has 1 heterocycles. The smallest absolute Gasteiger partial charge is 0.236 e. The molecular formula is C9H11N5O. The third kappa shape index (κ3) is 2.34. The lowest BCUT2D eigenvalue weighted by atomic mass is 10.2. The average molecular weight is 205 g/mol. The number of anilines is 2. The fraction of sp³-hybridized carbons (Fsp3) is 0.222. The van der Waals surface area contributed by atoms with E-state index in [1.165, 1.54) is 17.2 Å². The van der Waals surface area contributed by atoms with Crippen molar-refractivity contribution < 1.29 is 4.79 Å². The minimum Gasteiger partial charge on any atom is -0.395 e. The second-order valence-corrected chi connectivity index (χ2v) is 3.03. The molecule has 1 rings (SSSR count). The van der Waals surface area contributed by atoms with Crippen LogP contribution in [0.4, 0.5) is 11.5 Å². The highest BCUT2D eigenvalue weighted by atomic mass is 16.1. The first-order valence-corrected chi connectivity index (χ1v) is 4.20. The van der Waals surface area contributed by atoms with Crippen LogP contribution < -0.4 is 16.4 Å². The van der Waals surface area contributed by atoms with E-state index in [2.05, 4.69) is 4.98 Å². The van der Waals surface area contributed by atoms with Crippen molar-refractivity contribution in [2.45, 2.75) is 0 Å². The Kier molecular flexibility index (Phi) is 3.08. The van der Waals surface area contributed by atoms with Gasteiger partial charge in [-0.2, -0.15) is 5.26 Å². The van der Waals surface area contributed by atoms with Crippen LogP contribution in [0.3, 0.4) is 0 Å². The lowest BCUT2D eigenvalue weighted by Crippen LogP contribution is -2.31. The largest absolute Gasteiger partial charge is 0.395 e. The molecule has 0 aliphatic carbocycles. The molecule has 6 nitrogen and oxygen atoms in total. The monoisotopic (exact) mass is 205 g/mol. The molecule has 15 heavy (non-hydrogen) atoms. The number of carbonyl (C=O) groups is 1. The van der Waals surface area contributed by atoms with Crippen LogP contribution in [0, 0.1) is 11.3 Å². The highest BCUT2D eigenvalue weighted by Gasteiger charge is 2.11. The minimum atomic E-state index is -0.485. The molecule has 0 radical (unpaired) electrons. The first-order chi connectivity index (χ1) is 7.06. The van der Waals surface area contributed by atoms with E-state index in [0.29, 0.717) is 11.4 Å². The summed E-state index contributed by atoms with van der Waals surface area (Å²) < 4.78 is 0. The molecule has 1 amide bonds. The van der Waals surface area contributed by atoms with E-state index in [9.17, 15) is 4.79 Å². The van der Waals surface area contributed by atoms with Crippen molar-refractivity contribution in [1.82, 2.24) is 4.98 Å². The molecule has 78 valence electrons. The quantitative estimate of drug-likeness (QED) is 0.688. The summed E-state index contributed by atoms with van der Waals surface area (Å²) >= 11 is 0. The fourth-order valence-electron chi connectivity index (χ4n) is 1.17. The van der Waals surface area contributed by atoms with Crippen molar-refractivity contribution in [3.63, 3.8) is 0 Å². The van der Waals surface area contributed by atoms with Crippen molar-refractivity contribution in [3.05, 3.63) is 17.8 Å². The van der Waals surface area contributed by atoms with E-state index in [-0.39, 0.29) is 12.2 Å². The Morgan fingerprint density at radius 2 is 2.40 bits per heavy atom. The maximum atomic E-state index is 10.7. The van der Waals surface area contributed by atoms with E-state index in [0.717, 1.165) is 0 Å². The standard InChI is InChI=1S/C9H11N5O/c1-14(5-7(11)15)9-8(12)6(4-10)2-3-13-9/h2-3H,5,12H2,1H3,(H2,11,15). The highest BCUT2D eigenvalue weighted by molar-refractivity contribution is 5.81. The number of primary amides is 1. The molecule has 0 aliphatic rings. The van der Waals surface area contributed by atoms with E-state index in [1.54, 1.807) is 7.05 Å². The van der Waals surface area contributed by atoms with Crippen LogP contribution in [0.15, 0.2) is 12.3 Å². The van der Waals surface area contributed by atoms with Crippen molar-refractivity contribution in [2.75, 3.05) is 24.2 Å². The van der Waals surface area contributed by atoms with Crippen LogP contribution in [0.1, 0.15) is 5.56 Å². The lowest BCUT2D eigenvalue weighted by Gasteiger charge is -2.17. The Morgan fingerprint density at radius 3 is 2.93 bits per heavy atom. The van der Waals surface area contributed by atoms with Gasteiger partial charge in [0.25, 0.3) is 0 Å². The number of hydrogen-bond donors (Lipinski definition) is 2. The summed E-state index contributed by atoms with van der Waals surface area (Å²) in [5, 5.41) is 8.74. The molecular weight excluding hydrogens is 194 g/mol. The number of nitrogens with zero attached hydrogens (tertiary/aromatic N) is 3. The van der Waals surface area contributed by atoms with Crippen LogP contribution in [-0.4, -0.2) is 24.5 Å². The number of nitrogen functional groups attached to an aromatic ring is 1. The van der Waals surface area contributed by atoms with Gasteiger partial charge in [0, 0.05) is 13.2 Å². The number of likely N-dealkylation sites (N-methyl/N-ethyl adjacent to an activating group) is 1. The van der Waals surface area contributed by atoms with Crippen LogP contribution in [0.25, 0.3) is 0 Å². The number of pyridine rings is 1. The number of aromatic nitrogens is 1. The number of nitrogens with two attached hydrogens (primary N) is 2. The van der Waals surface area contributed by atoms with Crippen LogP contribution in [0.2, 0.25) is 0 Å². The normalized spacial score (nSPS) is 9.33. The number of amides is 1. The third-order valence-electron chi connectivity index (χ3n) is 1.84. The van der Waals surface area contributed by atoms with E-state index in [4.69, 9.17) is 16.7 Å². The Labute approximate surface area is 87.1 Å². The summed E-state index contributed by atoms with van der Waals surface area (Å²) in [6, 6.07) is 3.45. The molecule has 0 atom stereocenters. The van der Waals surface area contributed by atoms with Gasteiger partial charge in [0.2, 0.25) is 5.91 Å². The van der Waals surface area contributed by atoms with Crippen LogP contribution in [0.5, 0.6) is 0 Å². The number of rotatable bonds is 3. The maximum Gasteiger partial charge on any atom is 0.236 e. The summed E-state index contributed by atoms with van der Waals surface area (Å²) in [4.78, 5) is 16.2. The molecule has 0 unspecified atom stereocenters. The minimum absolute atomic E-state index is 0.00603. The lowest BCUT2D eigenvalue weighted by molar-refractivity contribution is -0.116. The Bertz CT molecular complexity index is 423. The van der Waals surface area contributed by atoms with Crippen molar-refractivity contribution in [2.24, 2.45) is 5.73 Å². The summed E-state index contributed by atoms with van der Waals surface area (Å²) in [5.41, 5.74) is 11.3. The Hall–Kier alpha value is -2.29. The van der Waals surface area contributed by atoms with E-state index in [1.807, 2.05) is 6.07 Å². The highest BCUT2D eigenvalue weighted by Crippen LogP contribution is 2.21. The van der Waals surface area contributed by atoms with Crippen LogP contribution in [-0.2, 0) is 4.79 Å². The van der Waals surface area contributed by atoms with Gasteiger partial charge in [0.05, 0.1) is 17.8 Å². The second-order valence-electron chi connectivity index (χ2n) is 3.03. The van der Waals surface area contributed by atoms with E-state index >= 15 is 0 Å². The zero-order valence-corrected chi connectivity index (χ0v) is 8.27. The molecule has 0 spiro atoms. The molecule has 6 heteroatoms. The molecule has 0 saturated carbocycles. The third-order valence-corrected chi connectivity index (χ3v) is 1.84. The molecule has 0 fully saturated rings. The van der Waals surface area contributed by atoms with E-state index < -0.39 is 5.91 Å². The molecule has 1 aromatic rings. The number of hydrogen-bond acceptors (Lipinski definition) is 5. The molecule has 4 N–H and O–H groups in total. The molecule has 0 aromatic carbocycles. The fourth-order valence-corrected chi connectivity index (χ4v) is 1.17. The predicted octanol–water partition coefficient (Wildman–Crippen LogP) is -0.543. The topological polar surface area (TPSA) is 109 Å². The Balaban J connectivity index is 3.05. The average Bonchev–Trinajstić information content (AvgIpc) is 2.17. The first-order valence-electron chi connectivity index (χ1n) is 4.20. The van der Waals surface area contributed by atoms with Gasteiger partial charge < -0.3 is 16.4 Å². The van der Waals surface area contributed by atoms with Gasteiger partial charge in [0.15, 0.2) is 5.82 Å². The maximum absolute atomic E-state index is 10.7. The molecule has 0 bridgehead atoms. The van der Waals surface area contributed by atoms with Crippen molar-refractivity contribution in [1.29, 1.82) is 5.26 Å². The van der Waals surface area contributed by atoms with Crippen molar-refractivity contribution in [3.8, 4) is 6.07 Å².